The molecule has 2 aromatic carbocycles. The van der Waals surface area contributed by atoms with Gasteiger partial charge < -0.3 is 20.5 Å². The minimum absolute atomic E-state index is 0.113. The normalized spacial score (nSPS) is 14.9. The van der Waals surface area contributed by atoms with E-state index >= 15 is 0 Å². The second kappa shape index (κ2) is 8.32. The number of aromatic nitrogens is 2. The van der Waals surface area contributed by atoms with Gasteiger partial charge in [-0.25, -0.2) is 4.57 Å². The van der Waals surface area contributed by atoms with Crippen molar-refractivity contribution in [2.75, 3.05) is 25.4 Å². The van der Waals surface area contributed by atoms with E-state index in [1.54, 1.807) is 18.5 Å². The lowest BCUT2D eigenvalue weighted by Gasteiger charge is -2.27. The van der Waals surface area contributed by atoms with Gasteiger partial charge in [0.25, 0.3) is 0 Å². The van der Waals surface area contributed by atoms with Crippen LogP contribution in [-0.2, 0) is 6.54 Å². The minimum atomic E-state index is -0.113. The summed E-state index contributed by atoms with van der Waals surface area (Å²) in [6.07, 6.45) is 1.75. The summed E-state index contributed by atoms with van der Waals surface area (Å²) >= 11 is 0. The van der Waals surface area contributed by atoms with E-state index in [4.69, 9.17) is 10.5 Å². The maximum absolute atomic E-state index is 9.96. The van der Waals surface area contributed by atoms with Gasteiger partial charge in [-0.3, -0.25) is 0 Å². The Hall–Kier alpha value is -3.12. The van der Waals surface area contributed by atoms with Gasteiger partial charge in [0.15, 0.2) is 0 Å². The Morgan fingerprint density at radius 3 is 2.57 bits per heavy atom. The molecule has 0 unspecified atom stereocenters. The first-order valence-corrected chi connectivity index (χ1v) is 10.5. The highest BCUT2D eigenvalue weighted by atomic mass is 16.5. The molecule has 6 heteroatoms. The first-order valence-electron chi connectivity index (χ1n) is 10.5. The van der Waals surface area contributed by atoms with Crippen molar-refractivity contribution in [3.8, 4) is 17.4 Å². The largest absolute Gasteiger partial charge is 0.508 e. The molecule has 4 rings (SSSR count). The van der Waals surface area contributed by atoms with Crippen molar-refractivity contribution in [2.45, 2.75) is 33.2 Å². The molecule has 1 aliphatic heterocycles. The highest BCUT2D eigenvalue weighted by Gasteiger charge is 2.36. The Kier molecular flexibility index (Phi) is 5.59. The topological polar surface area (TPSA) is 75.5 Å². The molecule has 0 bridgehead atoms. The summed E-state index contributed by atoms with van der Waals surface area (Å²) in [6.45, 7) is 10.1. The Morgan fingerprint density at radius 1 is 1.13 bits per heavy atom. The molecule has 1 atom stereocenters. The molecule has 0 spiro atoms. The molecule has 2 heterocycles. The maximum Gasteiger partial charge on any atom is 0.306 e. The van der Waals surface area contributed by atoms with E-state index in [0.717, 1.165) is 42.9 Å². The van der Waals surface area contributed by atoms with Crippen LogP contribution in [0.25, 0.3) is 0 Å². The van der Waals surface area contributed by atoms with Gasteiger partial charge in [-0.2, -0.15) is 0 Å². The van der Waals surface area contributed by atoms with Gasteiger partial charge in [0.05, 0.1) is 12.5 Å². The van der Waals surface area contributed by atoms with Crippen LogP contribution in [0.3, 0.4) is 0 Å². The molecule has 1 aromatic heterocycles. The number of phenolic OH excluding ortho intramolecular Hbond substituents is 1. The van der Waals surface area contributed by atoms with Gasteiger partial charge >= 0.3 is 5.88 Å². The van der Waals surface area contributed by atoms with Crippen molar-refractivity contribution in [1.29, 1.82) is 0 Å². The molecule has 0 amide bonds. The average molecular weight is 406 g/mol. The van der Waals surface area contributed by atoms with Crippen molar-refractivity contribution in [2.24, 2.45) is 0 Å². The van der Waals surface area contributed by atoms with Gasteiger partial charge in [-0.1, -0.05) is 54.7 Å². The number of fused-ring (bicyclic) bond motifs is 2. The van der Waals surface area contributed by atoms with Gasteiger partial charge in [0, 0.05) is 18.2 Å². The Labute approximate surface area is 177 Å². The second-order valence-corrected chi connectivity index (χ2v) is 7.74. The molecule has 0 fully saturated rings. The monoisotopic (exact) mass is 405 g/mol. The maximum atomic E-state index is 9.96. The van der Waals surface area contributed by atoms with Crippen LogP contribution >= 0.6 is 0 Å². The Balaban J connectivity index is 1.81. The number of aryl methyl sites for hydroxylation is 1. The molecule has 1 aliphatic rings. The third-order valence-corrected chi connectivity index (χ3v) is 5.90. The van der Waals surface area contributed by atoms with Gasteiger partial charge in [-0.05, 0) is 31.6 Å². The lowest BCUT2D eigenvalue weighted by Crippen LogP contribution is -2.44. The molecular weight excluding hydrogens is 376 g/mol. The number of nitrogens with two attached hydrogens (primary N) is 1. The van der Waals surface area contributed by atoms with E-state index < -0.39 is 0 Å². The molecule has 0 radical (unpaired) electrons. The molecule has 0 saturated heterocycles. The number of nitrogens with zero attached hydrogens (tertiary/aromatic N) is 3. The number of rotatable bonds is 6. The minimum Gasteiger partial charge on any atom is -0.508 e. The number of hydrogen-bond acceptors (Lipinski definition) is 5. The number of phenols is 1. The van der Waals surface area contributed by atoms with Crippen molar-refractivity contribution >= 4 is 5.82 Å². The summed E-state index contributed by atoms with van der Waals surface area (Å²) in [7, 11) is 0. The van der Waals surface area contributed by atoms with Gasteiger partial charge in [-0.15, -0.1) is 0 Å². The summed E-state index contributed by atoms with van der Waals surface area (Å²) < 4.78 is 8.07. The number of hydrogen-bond donors (Lipinski definition) is 2. The summed E-state index contributed by atoms with van der Waals surface area (Å²) in [5.41, 5.74) is 10.9. The molecule has 3 N–H and O–H groups in total. The number of aromatic hydroxyl groups is 1. The van der Waals surface area contributed by atoms with Crippen LogP contribution in [0.1, 0.15) is 42.0 Å². The van der Waals surface area contributed by atoms with Crippen molar-refractivity contribution in [3.05, 3.63) is 71.0 Å². The lowest BCUT2D eigenvalue weighted by atomic mass is 9.83. The molecule has 0 aliphatic carbocycles. The fraction of sp³-hybridized carbons (Fsp3) is 0.333. The second-order valence-electron chi connectivity index (χ2n) is 7.74. The smallest absolute Gasteiger partial charge is 0.306 e. The number of benzene rings is 2. The predicted molar refractivity (Wildman–Crippen MR) is 117 cm³/mol. The number of anilines is 1. The molecular formula is C24H29N4O2+. The first kappa shape index (κ1) is 20.2. The van der Waals surface area contributed by atoms with E-state index in [2.05, 4.69) is 54.9 Å². The first-order chi connectivity index (χ1) is 14.5. The number of likely N-dealkylation sites (N-methyl/N-ethyl adjacent to an activating group) is 1. The van der Waals surface area contributed by atoms with Crippen molar-refractivity contribution in [3.63, 3.8) is 0 Å². The van der Waals surface area contributed by atoms with Crippen LogP contribution in [0.4, 0.5) is 5.82 Å². The summed E-state index contributed by atoms with van der Waals surface area (Å²) in [5, 5.41) is 9.96. The summed E-state index contributed by atoms with van der Waals surface area (Å²) in [4.78, 5) is 6.95. The average Bonchev–Trinajstić information content (AvgIpc) is 2.75. The SMILES string of the molecule is CCN(CC)CC[n+]1cnc2c(c1N)[C@H](c1ccc(C)cc1)c1ccc(O)cc1O2. The van der Waals surface area contributed by atoms with E-state index in [9.17, 15) is 5.11 Å². The zero-order valence-electron chi connectivity index (χ0n) is 17.8. The molecule has 0 saturated carbocycles. The Morgan fingerprint density at radius 2 is 1.87 bits per heavy atom. The van der Waals surface area contributed by atoms with Crippen molar-refractivity contribution < 1.29 is 14.4 Å². The molecule has 3 aromatic rings. The lowest BCUT2D eigenvalue weighted by molar-refractivity contribution is -0.685. The fourth-order valence-electron chi connectivity index (χ4n) is 4.05. The Bertz CT molecular complexity index is 1050. The van der Waals surface area contributed by atoms with Gasteiger partial charge in [0.2, 0.25) is 12.1 Å². The third kappa shape index (κ3) is 3.71. The standard InChI is InChI=1S/C24H28N4O2/c1-4-27(5-2)12-13-28-15-26-24-22(23(28)25)21(17-8-6-16(3)7-9-17)19-11-10-18(29)14-20(19)30-24/h6-11,14-15,21,25,29H,4-5,12-13H2,1-3H3/p+1/t21-/m1/s1. The van der Waals surface area contributed by atoms with Gasteiger partial charge in [0.1, 0.15) is 17.1 Å². The summed E-state index contributed by atoms with van der Waals surface area (Å²) in [5.74, 6) is 1.82. The van der Waals surface area contributed by atoms with Crippen molar-refractivity contribution in [1.82, 2.24) is 9.88 Å². The van der Waals surface area contributed by atoms with Crippen LogP contribution in [0.5, 0.6) is 17.4 Å². The zero-order valence-corrected chi connectivity index (χ0v) is 17.8. The van der Waals surface area contributed by atoms with Crippen LogP contribution in [0.2, 0.25) is 0 Å². The van der Waals surface area contributed by atoms with E-state index in [1.807, 2.05) is 10.6 Å². The zero-order chi connectivity index (χ0) is 21.3. The summed E-state index contributed by atoms with van der Waals surface area (Å²) in [6, 6.07) is 13.7. The third-order valence-electron chi connectivity index (χ3n) is 5.90. The van der Waals surface area contributed by atoms with Crippen LogP contribution in [0.15, 0.2) is 48.8 Å². The number of ether oxygens (including phenoxy) is 1. The predicted octanol–water partition coefficient (Wildman–Crippen LogP) is 3.59. The van der Waals surface area contributed by atoms with E-state index in [0.29, 0.717) is 17.4 Å². The van der Waals surface area contributed by atoms with Crippen LogP contribution < -0.4 is 15.0 Å². The van der Waals surface area contributed by atoms with E-state index in [-0.39, 0.29) is 11.7 Å². The molecule has 6 nitrogen and oxygen atoms in total. The highest BCUT2D eigenvalue weighted by molar-refractivity contribution is 5.62. The van der Waals surface area contributed by atoms with Crippen LogP contribution in [0, 0.1) is 6.92 Å². The van der Waals surface area contributed by atoms with Crippen LogP contribution in [-0.4, -0.2) is 34.6 Å². The molecule has 156 valence electrons. The number of nitrogen functional groups attached to an aromatic ring is 1. The quantitative estimate of drug-likeness (QED) is 0.480. The highest BCUT2D eigenvalue weighted by Crippen LogP contribution is 2.48. The molecule has 30 heavy (non-hydrogen) atoms. The van der Waals surface area contributed by atoms with E-state index in [1.165, 1.54) is 5.56 Å². The fourth-order valence-corrected chi connectivity index (χ4v) is 4.05.